The Labute approximate surface area is 152 Å². The minimum Gasteiger partial charge on any atom is -0.503 e. The maximum Gasteiger partial charge on any atom is 0.176 e. The van der Waals surface area contributed by atoms with Crippen LogP contribution in [0.3, 0.4) is 0 Å². The Morgan fingerprint density at radius 2 is 1.88 bits per heavy atom. The normalized spacial score (nSPS) is 10.7. The van der Waals surface area contributed by atoms with Gasteiger partial charge in [-0.25, -0.2) is 0 Å². The molecule has 2 aromatic carbocycles. The van der Waals surface area contributed by atoms with E-state index in [9.17, 15) is 5.11 Å². The lowest BCUT2D eigenvalue weighted by Gasteiger charge is -2.09. The largest absolute Gasteiger partial charge is 0.503 e. The van der Waals surface area contributed by atoms with Crippen LogP contribution < -0.4 is 19.6 Å². The number of halogens is 1. The highest BCUT2D eigenvalue weighted by Crippen LogP contribution is 2.34. The van der Waals surface area contributed by atoms with E-state index in [4.69, 9.17) is 25.8 Å². The van der Waals surface area contributed by atoms with Crippen LogP contribution in [0.25, 0.3) is 0 Å². The molecule has 0 saturated heterocycles. The van der Waals surface area contributed by atoms with Gasteiger partial charge < -0.3 is 24.7 Å². The van der Waals surface area contributed by atoms with E-state index >= 15 is 0 Å². The molecule has 25 heavy (non-hydrogen) atoms. The second-order valence-corrected chi connectivity index (χ2v) is 5.47. The molecule has 0 bridgehead atoms. The molecule has 6 nitrogen and oxygen atoms in total. The van der Waals surface area contributed by atoms with Crippen molar-refractivity contribution in [2.24, 2.45) is 5.10 Å². The zero-order chi connectivity index (χ0) is 18.2. The van der Waals surface area contributed by atoms with Crippen LogP contribution in [0.4, 0.5) is 0 Å². The fourth-order valence-corrected chi connectivity index (χ4v) is 2.40. The van der Waals surface area contributed by atoms with Crippen molar-refractivity contribution < 1.29 is 19.3 Å². The molecular formula is C18H21ClN2O4. The molecule has 2 aromatic rings. The second-order valence-electron chi connectivity index (χ2n) is 5.06. The van der Waals surface area contributed by atoms with Crippen molar-refractivity contribution >= 4 is 17.8 Å². The number of phenols is 1. The van der Waals surface area contributed by atoms with Gasteiger partial charge in [0.2, 0.25) is 0 Å². The Bertz CT molecular complexity index is 750. The molecule has 0 amide bonds. The van der Waals surface area contributed by atoms with Gasteiger partial charge in [-0.15, -0.1) is 0 Å². The highest BCUT2D eigenvalue weighted by molar-refractivity contribution is 6.32. The molecule has 2 rings (SSSR count). The summed E-state index contributed by atoms with van der Waals surface area (Å²) in [6, 6.07) is 8.93. The Morgan fingerprint density at radius 3 is 2.56 bits per heavy atom. The van der Waals surface area contributed by atoms with E-state index in [0.29, 0.717) is 36.0 Å². The molecular weight excluding hydrogens is 344 g/mol. The van der Waals surface area contributed by atoms with E-state index in [1.54, 1.807) is 32.6 Å². The Hall–Kier alpha value is -2.60. The Morgan fingerprint density at radius 1 is 1.12 bits per heavy atom. The molecule has 0 unspecified atom stereocenters. The first-order chi connectivity index (χ1) is 12.1. The standard InChI is InChI=1S/C18H21ClN2O4/c1-4-25-17-9-13(7-14(19)18(17)22)11-21-20-10-12-5-6-15(23-2)16(8-12)24-3/h5-9,11,20,22H,4,10H2,1-3H3/b21-11-. The third-order valence-corrected chi connectivity index (χ3v) is 3.67. The fourth-order valence-electron chi connectivity index (χ4n) is 2.18. The van der Waals surface area contributed by atoms with Crippen LogP contribution in [0.2, 0.25) is 5.02 Å². The summed E-state index contributed by atoms with van der Waals surface area (Å²) in [6.07, 6.45) is 1.61. The highest BCUT2D eigenvalue weighted by atomic mass is 35.5. The first-order valence-electron chi connectivity index (χ1n) is 7.71. The van der Waals surface area contributed by atoms with E-state index in [2.05, 4.69) is 10.5 Å². The molecule has 0 radical (unpaired) electrons. The van der Waals surface area contributed by atoms with Crippen LogP contribution in [0, 0.1) is 0 Å². The Kier molecular flexibility index (Phi) is 6.77. The van der Waals surface area contributed by atoms with Crippen molar-refractivity contribution in [3.8, 4) is 23.0 Å². The summed E-state index contributed by atoms with van der Waals surface area (Å²) in [4.78, 5) is 0. The lowest BCUT2D eigenvalue weighted by atomic mass is 10.2. The zero-order valence-corrected chi connectivity index (χ0v) is 15.1. The van der Waals surface area contributed by atoms with Gasteiger partial charge in [-0.1, -0.05) is 17.7 Å². The van der Waals surface area contributed by atoms with Crippen molar-refractivity contribution in [2.75, 3.05) is 20.8 Å². The number of benzene rings is 2. The van der Waals surface area contributed by atoms with E-state index < -0.39 is 0 Å². The van der Waals surface area contributed by atoms with E-state index in [1.807, 2.05) is 25.1 Å². The summed E-state index contributed by atoms with van der Waals surface area (Å²) in [5.41, 5.74) is 4.66. The molecule has 0 aliphatic rings. The molecule has 0 saturated carbocycles. The molecule has 0 heterocycles. The number of hydrazone groups is 1. The highest BCUT2D eigenvalue weighted by Gasteiger charge is 2.08. The summed E-state index contributed by atoms with van der Waals surface area (Å²) in [5, 5.41) is 14.2. The molecule has 0 aliphatic carbocycles. The predicted octanol–water partition coefficient (Wildman–Crippen LogP) is 3.59. The van der Waals surface area contributed by atoms with E-state index in [0.717, 1.165) is 5.56 Å². The topological polar surface area (TPSA) is 72.3 Å². The smallest absolute Gasteiger partial charge is 0.176 e. The van der Waals surface area contributed by atoms with Gasteiger partial charge in [0.15, 0.2) is 23.0 Å². The van der Waals surface area contributed by atoms with Gasteiger partial charge in [0.25, 0.3) is 0 Å². The summed E-state index contributed by atoms with van der Waals surface area (Å²) in [6.45, 7) is 2.78. The number of phenolic OH excluding ortho intramolecular Hbond substituents is 1. The van der Waals surface area contributed by atoms with E-state index in [-0.39, 0.29) is 10.8 Å². The molecule has 2 N–H and O–H groups in total. The molecule has 0 spiro atoms. The van der Waals surface area contributed by atoms with Gasteiger partial charge in [0.05, 0.1) is 38.6 Å². The summed E-state index contributed by atoms with van der Waals surface area (Å²) >= 11 is 5.99. The van der Waals surface area contributed by atoms with Gasteiger partial charge in [-0.3, -0.25) is 0 Å². The van der Waals surface area contributed by atoms with Gasteiger partial charge in [0.1, 0.15) is 0 Å². The monoisotopic (exact) mass is 364 g/mol. The maximum absolute atomic E-state index is 9.83. The number of nitrogens with one attached hydrogen (secondary N) is 1. The SMILES string of the molecule is CCOc1cc(/C=N\NCc2ccc(OC)c(OC)c2)cc(Cl)c1O. The van der Waals surface area contributed by atoms with Crippen LogP contribution in [0.15, 0.2) is 35.4 Å². The number of aromatic hydroxyl groups is 1. The molecule has 134 valence electrons. The van der Waals surface area contributed by atoms with Gasteiger partial charge >= 0.3 is 0 Å². The van der Waals surface area contributed by atoms with Crippen molar-refractivity contribution in [3.63, 3.8) is 0 Å². The number of hydrogen-bond acceptors (Lipinski definition) is 6. The first-order valence-corrected chi connectivity index (χ1v) is 8.09. The molecule has 0 aromatic heterocycles. The van der Waals surface area contributed by atoms with Crippen LogP contribution in [0.5, 0.6) is 23.0 Å². The molecule has 0 fully saturated rings. The first kappa shape index (κ1) is 18.7. The maximum atomic E-state index is 9.83. The minimum atomic E-state index is -0.0704. The van der Waals surface area contributed by atoms with E-state index in [1.165, 1.54) is 0 Å². The fraction of sp³-hybridized carbons (Fsp3) is 0.278. The third kappa shape index (κ3) is 4.93. The van der Waals surface area contributed by atoms with Crippen LogP contribution in [0.1, 0.15) is 18.1 Å². The van der Waals surface area contributed by atoms with Crippen molar-refractivity contribution in [3.05, 3.63) is 46.5 Å². The van der Waals surface area contributed by atoms with Gasteiger partial charge in [0, 0.05) is 0 Å². The van der Waals surface area contributed by atoms with Crippen LogP contribution in [-0.2, 0) is 6.54 Å². The van der Waals surface area contributed by atoms with Gasteiger partial charge in [-0.05, 0) is 42.3 Å². The van der Waals surface area contributed by atoms with Crippen molar-refractivity contribution in [1.29, 1.82) is 0 Å². The average molecular weight is 365 g/mol. The second kappa shape index (κ2) is 9.03. The predicted molar refractivity (Wildman–Crippen MR) is 98.3 cm³/mol. The summed E-state index contributed by atoms with van der Waals surface area (Å²) < 4.78 is 15.8. The van der Waals surface area contributed by atoms with Crippen LogP contribution in [-0.4, -0.2) is 32.1 Å². The molecule has 0 aliphatic heterocycles. The number of rotatable bonds is 8. The van der Waals surface area contributed by atoms with Crippen LogP contribution >= 0.6 is 11.6 Å². The van der Waals surface area contributed by atoms with Crippen molar-refractivity contribution in [2.45, 2.75) is 13.5 Å². The lowest BCUT2D eigenvalue weighted by Crippen LogP contribution is -2.06. The number of hydrogen-bond donors (Lipinski definition) is 2. The number of ether oxygens (including phenoxy) is 3. The molecule has 7 heteroatoms. The van der Waals surface area contributed by atoms with Crippen molar-refractivity contribution in [1.82, 2.24) is 5.43 Å². The Balaban J connectivity index is 2.02. The summed E-state index contributed by atoms with van der Waals surface area (Å²) in [7, 11) is 3.19. The quantitative estimate of drug-likeness (QED) is 0.553. The third-order valence-electron chi connectivity index (χ3n) is 3.39. The number of nitrogens with zero attached hydrogens (tertiary/aromatic N) is 1. The molecule has 0 atom stereocenters. The minimum absolute atomic E-state index is 0.0704. The average Bonchev–Trinajstić information content (AvgIpc) is 2.62. The van der Waals surface area contributed by atoms with Gasteiger partial charge in [-0.2, -0.15) is 5.10 Å². The lowest BCUT2D eigenvalue weighted by molar-refractivity contribution is 0.318. The zero-order valence-electron chi connectivity index (χ0n) is 14.4. The summed E-state index contributed by atoms with van der Waals surface area (Å²) in [5.74, 6) is 1.60. The number of methoxy groups -OCH3 is 2.